The highest BCUT2D eigenvalue weighted by molar-refractivity contribution is 6.04. The zero-order chi connectivity index (χ0) is 23.9. The van der Waals surface area contributed by atoms with Crippen molar-refractivity contribution >= 4 is 17.3 Å². The molecule has 34 heavy (non-hydrogen) atoms. The van der Waals surface area contributed by atoms with E-state index in [0.29, 0.717) is 23.5 Å². The van der Waals surface area contributed by atoms with Crippen LogP contribution in [0, 0.1) is 10.1 Å². The summed E-state index contributed by atoms with van der Waals surface area (Å²) in [6, 6.07) is 20.6. The molecular formula is C25H22N4O5. The quantitative estimate of drug-likeness (QED) is 0.288. The van der Waals surface area contributed by atoms with Gasteiger partial charge in [-0.15, -0.1) is 0 Å². The fourth-order valence-electron chi connectivity index (χ4n) is 3.31. The second kappa shape index (κ2) is 10.3. The molecule has 0 saturated heterocycles. The van der Waals surface area contributed by atoms with E-state index in [2.05, 4.69) is 10.4 Å². The van der Waals surface area contributed by atoms with Gasteiger partial charge in [0.05, 0.1) is 30.5 Å². The Bertz CT molecular complexity index is 1300. The predicted octanol–water partition coefficient (Wildman–Crippen LogP) is 4.68. The topological polar surface area (TPSA) is 109 Å². The van der Waals surface area contributed by atoms with Crippen LogP contribution in [-0.4, -0.2) is 27.7 Å². The van der Waals surface area contributed by atoms with Crippen molar-refractivity contribution in [1.82, 2.24) is 9.78 Å². The van der Waals surface area contributed by atoms with Gasteiger partial charge in [-0.25, -0.2) is 0 Å². The third kappa shape index (κ3) is 5.77. The monoisotopic (exact) mass is 458 g/mol. The average molecular weight is 458 g/mol. The first-order chi connectivity index (χ1) is 16.5. The zero-order valence-corrected chi connectivity index (χ0v) is 18.4. The number of aromatic nitrogens is 2. The van der Waals surface area contributed by atoms with Crippen molar-refractivity contribution in [2.24, 2.45) is 0 Å². The summed E-state index contributed by atoms with van der Waals surface area (Å²) in [4.78, 5) is 23.0. The van der Waals surface area contributed by atoms with Crippen molar-refractivity contribution in [2.45, 2.75) is 13.2 Å². The number of hydrogen-bond donors (Lipinski definition) is 1. The summed E-state index contributed by atoms with van der Waals surface area (Å²) in [5, 5.41) is 17.9. The SMILES string of the molecule is COc1cccc(Cn2cc(NC(=O)c3cccc(COc4ccc([N+](=O)[O-])cc4)c3)cn2)c1. The van der Waals surface area contributed by atoms with E-state index >= 15 is 0 Å². The van der Waals surface area contributed by atoms with Crippen molar-refractivity contribution < 1.29 is 19.2 Å². The standard InChI is InChI=1S/C25H22N4O5/c1-33-24-7-3-4-18(13-24)15-28-16-21(14-26-28)27-25(30)20-6-2-5-19(12-20)17-34-23-10-8-22(9-11-23)29(31)32/h2-14,16H,15,17H2,1H3,(H,27,30). The Morgan fingerprint density at radius 2 is 1.79 bits per heavy atom. The molecule has 0 spiro atoms. The van der Waals surface area contributed by atoms with Gasteiger partial charge in [0.25, 0.3) is 11.6 Å². The molecule has 1 amide bonds. The number of nitro benzene ring substituents is 1. The Balaban J connectivity index is 1.35. The van der Waals surface area contributed by atoms with Crippen LogP contribution < -0.4 is 14.8 Å². The minimum Gasteiger partial charge on any atom is -0.497 e. The summed E-state index contributed by atoms with van der Waals surface area (Å²) in [6.07, 6.45) is 3.36. The molecule has 4 aromatic rings. The summed E-state index contributed by atoms with van der Waals surface area (Å²) in [5.41, 5.74) is 2.88. The van der Waals surface area contributed by atoms with Crippen molar-refractivity contribution in [2.75, 3.05) is 12.4 Å². The van der Waals surface area contributed by atoms with E-state index in [1.54, 1.807) is 42.4 Å². The normalized spacial score (nSPS) is 10.5. The molecule has 0 atom stereocenters. The highest BCUT2D eigenvalue weighted by atomic mass is 16.6. The number of benzene rings is 3. The number of hydrogen-bond acceptors (Lipinski definition) is 6. The van der Waals surface area contributed by atoms with Crippen LogP contribution in [0.25, 0.3) is 0 Å². The molecule has 4 rings (SSSR count). The molecule has 3 aromatic carbocycles. The maximum absolute atomic E-state index is 12.7. The molecule has 0 aliphatic rings. The molecule has 1 aromatic heterocycles. The van der Waals surface area contributed by atoms with Crippen molar-refractivity contribution in [3.63, 3.8) is 0 Å². The first-order valence-corrected chi connectivity index (χ1v) is 10.4. The van der Waals surface area contributed by atoms with Gasteiger partial charge < -0.3 is 14.8 Å². The van der Waals surface area contributed by atoms with Gasteiger partial charge in [-0.1, -0.05) is 24.3 Å². The number of amides is 1. The van der Waals surface area contributed by atoms with Gasteiger partial charge in [0.1, 0.15) is 18.1 Å². The summed E-state index contributed by atoms with van der Waals surface area (Å²) >= 11 is 0. The van der Waals surface area contributed by atoms with Crippen LogP contribution in [0.1, 0.15) is 21.5 Å². The largest absolute Gasteiger partial charge is 0.497 e. The Labute approximate surface area is 195 Å². The molecule has 1 N–H and O–H groups in total. The molecule has 0 unspecified atom stereocenters. The zero-order valence-electron chi connectivity index (χ0n) is 18.4. The van der Waals surface area contributed by atoms with Gasteiger partial charge in [0.2, 0.25) is 0 Å². The second-order valence-corrected chi connectivity index (χ2v) is 7.47. The minimum atomic E-state index is -0.464. The number of non-ortho nitro benzene ring substituents is 1. The van der Waals surface area contributed by atoms with Crippen LogP contribution in [0.15, 0.2) is 85.2 Å². The third-order valence-corrected chi connectivity index (χ3v) is 5.01. The van der Waals surface area contributed by atoms with E-state index in [4.69, 9.17) is 9.47 Å². The van der Waals surface area contributed by atoms with Gasteiger partial charge in [-0.2, -0.15) is 5.10 Å². The van der Waals surface area contributed by atoms with Crippen LogP contribution in [-0.2, 0) is 13.2 Å². The fraction of sp³-hybridized carbons (Fsp3) is 0.120. The fourth-order valence-corrected chi connectivity index (χ4v) is 3.31. The van der Waals surface area contributed by atoms with Gasteiger partial charge in [0, 0.05) is 23.9 Å². The van der Waals surface area contributed by atoms with E-state index < -0.39 is 4.92 Å². The van der Waals surface area contributed by atoms with Crippen LogP contribution >= 0.6 is 0 Å². The average Bonchev–Trinajstić information content (AvgIpc) is 3.29. The molecule has 0 bridgehead atoms. The number of carbonyl (C=O) groups is 1. The van der Waals surface area contributed by atoms with Crippen molar-refractivity contribution in [3.05, 3.63) is 112 Å². The van der Waals surface area contributed by atoms with Crippen LogP contribution in [0.4, 0.5) is 11.4 Å². The molecule has 0 fully saturated rings. The van der Waals surface area contributed by atoms with E-state index in [9.17, 15) is 14.9 Å². The summed E-state index contributed by atoms with van der Waals surface area (Å²) in [6.45, 7) is 0.764. The number of carbonyl (C=O) groups excluding carboxylic acids is 1. The van der Waals surface area contributed by atoms with E-state index in [1.165, 1.54) is 24.3 Å². The van der Waals surface area contributed by atoms with Gasteiger partial charge >= 0.3 is 0 Å². The maximum Gasteiger partial charge on any atom is 0.269 e. The lowest BCUT2D eigenvalue weighted by atomic mass is 10.1. The molecular weight excluding hydrogens is 436 g/mol. The highest BCUT2D eigenvalue weighted by Crippen LogP contribution is 2.19. The molecule has 0 radical (unpaired) electrons. The third-order valence-electron chi connectivity index (χ3n) is 5.01. The number of methoxy groups -OCH3 is 1. The van der Waals surface area contributed by atoms with Gasteiger partial charge in [-0.05, 0) is 47.5 Å². The Kier molecular flexibility index (Phi) is 6.83. The van der Waals surface area contributed by atoms with Crippen LogP contribution in [0.3, 0.4) is 0 Å². The number of nitro groups is 1. The second-order valence-electron chi connectivity index (χ2n) is 7.47. The van der Waals surface area contributed by atoms with Crippen molar-refractivity contribution in [3.8, 4) is 11.5 Å². The molecule has 1 heterocycles. The molecule has 0 aliphatic carbocycles. The Morgan fingerprint density at radius 1 is 1.03 bits per heavy atom. The number of nitrogens with zero attached hydrogens (tertiary/aromatic N) is 3. The first kappa shape index (κ1) is 22.5. The van der Waals surface area contributed by atoms with E-state index in [-0.39, 0.29) is 18.2 Å². The summed E-state index contributed by atoms with van der Waals surface area (Å²) in [7, 11) is 1.62. The number of ether oxygens (including phenoxy) is 2. The number of anilines is 1. The minimum absolute atomic E-state index is 0.00200. The Morgan fingerprint density at radius 3 is 2.56 bits per heavy atom. The van der Waals surface area contributed by atoms with Crippen molar-refractivity contribution in [1.29, 1.82) is 0 Å². The molecule has 172 valence electrons. The molecule has 9 nitrogen and oxygen atoms in total. The first-order valence-electron chi connectivity index (χ1n) is 10.4. The predicted molar refractivity (Wildman–Crippen MR) is 126 cm³/mol. The van der Waals surface area contributed by atoms with Crippen LogP contribution in [0.2, 0.25) is 0 Å². The summed E-state index contributed by atoms with van der Waals surface area (Å²) < 4.78 is 12.7. The van der Waals surface area contributed by atoms with Crippen LogP contribution in [0.5, 0.6) is 11.5 Å². The highest BCUT2D eigenvalue weighted by Gasteiger charge is 2.10. The lowest BCUT2D eigenvalue weighted by Gasteiger charge is -2.08. The number of nitrogens with one attached hydrogen (secondary N) is 1. The van der Waals surface area contributed by atoms with Gasteiger partial charge in [0.15, 0.2) is 0 Å². The molecule has 9 heteroatoms. The number of rotatable bonds is 9. The smallest absolute Gasteiger partial charge is 0.269 e. The summed E-state index contributed by atoms with van der Waals surface area (Å²) in [5.74, 6) is 1.01. The van der Waals surface area contributed by atoms with E-state index in [0.717, 1.165) is 16.9 Å². The lowest BCUT2D eigenvalue weighted by Crippen LogP contribution is -2.12. The van der Waals surface area contributed by atoms with Gasteiger partial charge in [-0.3, -0.25) is 19.6 Å². The lowest BCUT2D eigenvalue weighted by molar-refractivity contribution is -0.384. The Hall–Kier alpha value is -4.66. The maximum atomic E-state index is 12.7. The van der Waals surface area contributed by atoms with E-state index in [1.807, 2.05) is 30.3 Å². The molecule has 0 aliphatic heterocycles. The molecule has 0 saturated carbocycles.